The Bertz CT molecular complexity index is 3470. The summed E-state index contributed by atoms with van der Waals surface area (Å²) in [6, 6.07) is 31.0. The third-order valence-electron chi connectivity index (χ3n) is 17.1. The van der Waals surface area contributed by atoms with Crippen LogP contribution in [-0.2, 0) is 94.0 Å². The number of hydrogen-bond donors (Lipinski definition) is 0. The molecule has 2 aromatic heterocycles. The van der Waals surface area contributed by atoms with E-state index in [1.165, 1.54) is 12.1 Å². The predicted octanol–water partition coefficient (Wildman–Crippen LogP) is 16.6. The Balaban J connectivity index is 1.13. The van der Waals surface area contributed by atoms with Crippen molar-refractivity contribution in [3.8, 4) is 20.9 Å². The summed E-state index contributed by atoms with van der Waals surface area (Å²) in [6.45, 7) is 27.1. The summed E-state index contributed by atoms with van der Waals surface area (Å²) in [7, 11) is 0. The van der Waals surface area contributed by atoms with Crippen LogP contribution in [0.25, 0.3) is 32.0 Å². The summed E-state index contributed by atoms with van der Waals surface area (Å²) in [6.07, 6.45) is -1.09. The lowest BCUT2D eigenvalue weighted by Crippen LogP contribution is -2.49. The molecule has 8 rings (SSSR count). The van der Waals surface area contributed by atoms with Crippen LogP contribution in [0.2, 0.25) is 0 Å². The fourth-order valence-electron chi connectivity index (χ4n) is 11.7. The molecule has 0 unspecified atom stereocenters. The molecule has 0 aliphatic heterocycles. The summed E-state index contributed by atoms with van der Waals surface area (Å²) in [5, 5.41) is 0. The molecule has 2 aliphatic carbocycles. The van der Waals surface area contributed by atoms with E-state index in [1.807, 2.05) is 104 Å². The molecule has 0 fully saturated rings. The number of benzene rings is 4. The van der Waals surface area contributed by atoms with E-state index in [4.69, 9.17) is 47.4 Å². The Hall–Kier alpha value is -6.76. The summed E-state index contributed by atoms with van der Waals surface area (Å²) in [5.41, 5.74) is -4.28. The fourth-order valence-corrected chi connectivity index (χ4v) is 14.6. The van der Waals surface area contributed by atoms with E-state index in [0.29, 0.717) is 109 Å². The van der Waals surface area contributed by atoms with Crippen molar-refractivity contribution in [1.29, 1.82) is 0 Å². The number of rotatable bonds is 34. The van der Waals surface area contributed by atoms with Crippen LogP contribution in [0.5, 0.6) is 0 Å². The molecule has 0 N–H and O–H groups in total. The van der Waals surface area contributed by atoms with E-state index >= 15 is 26.3 Å². The van der Waals surface area contributed by atoms with E-state index in [-0.39, 0.29) is 72.7 Å². The van der Waals surface area contributed by atoms with E-state index in [0.717, 1.165) is 33.8 Å². The first kappa shape index (κ1) is 77.0. The van der Waals surface area contributed by atoms with E-state index in [9.17, 15) is 19.2 Å². The quantitative estimate of drug-likeness (QED) is 0.0162. The smallest absolute Gasteiger partial charge is 0.380 e. The van der Waals surface area contributed by atoms with Gasteiger partial charge in [0.25, 0.3) is 0 Å². The van der Waals surface area contributed by atoms with Crippen molar-refractivity contribution < 1.29 is 92.9 Å². The molecule has 4 aromatic carbocycles. The Labute approximate surface area is 578 Å². The standard InChI is InChI=1S/C76H90F6O14S2/c1-13-87-35-37-89-39-41-91-43-45-93-61(83)31-33-63(85)95-71(9,10)53-19-15-49(16-20-53)59-47-57-65-66(75(79,80)76(81,82)74(65,77)78)58-48-60(50-17-21-54(22-18-50)72(11,12)96-64(86)34-32-62(84)94-46-44-92-42-40-90-38-36-88-14-2)98-68(58)73(67(57)97-59,55-27-23-51(24-28-55)69(3,4)5)56-29-25-52(26-30-56)70(6,7)8/h15-30,47-48H,13-14,31-46H2,1-12H3. The Kier molecular flexibility index (Phi) is 25.3. The average Bonchev–Trinajstić information content (AvgIpc) is 1.49. The minimum atomic E-state index is -5.88. The van der Waals surface area contributed by atoms with Crippen LogP contribution >= 0.6 is 22.7 Å². The lowest BCUT2D eigenvalue weighted by Gasteiger charge is -2.37. The maximum absolute atomic E-state index is 17.4. The summed E-state index contributed by atoms with van der Waals surface area (Å²) in [4.78, 5) is 52.3. The van der Waals surface area contributed by atoms with Crippen LogP contribution in [0.3, 0.4) is 0 Å². The first-order chi connectivity index (χ1) is 46.2. The van der Waals surface area contributed by atoms with E-state index < -0.39 is 80.5 Å². The lowest BCUT2D eigenvalue weighted by molar-refractivity contribution is -0.254. The van der Waals surface area contributed by atoms with Crippen LogP contribution < -0.4 is 0 Å². The van der Waals surface area contributed by atoms with Crippen molar-refractivity contribution in [3.63, 3.8) is 0 Å². The first-order valence-electron chi connectivity index (χ1n) is 33.1. The van der Waals surface area contributed by atoms with Crippen molar-refractivity contribution in [1.82, 2.24) is 0 Å². The second-order valence-electron chi connectivity index (χ2n) is 27.0. The highest BCUT2D eigenvalue weighted by Gasteiger charge is 2.81. The highest BCUT2D eigenvalue weighted by Crippen LogP contribution is 2.70. The number of carbonyl (C=O) groups is 4. The van der Waals surface area contributed by atoms with Gasteiger partial charge in [-0.25, -0.2) is 0 Å². The number of ether oxygens (including phenoxy) is 10. The second-order valence-corrected chi connectivity index (χ2v) is 29.1. The van der Waals surface area contributed by atoms with Gasteiger partial charge in [0, 0.05) is 55.0 Å². The molecule has 22 heteroatoms. The largest absolute Gasteiger partial charge is 0.463 e. The number of halogens is 6. The van der Waals surface area contributed by atoms with Crippen molar-refractivity contribution >= 4 is 57.7 Å². The zero-order valence-electron chi connectivity index (χ0n) is 57.9. The lowest BCUT2D eigenvalue weighted by atomic mass is 9.69. The SMILES string of the molecule is CCOCCOCCOCCOC(=O)CCC(=O)OC(C)(C)c1ccc(-c2cc3c(s2)C(c2ccc(C(C)(C)C)cc2)(c2ccc(C(C)(C)C)cc2)c2sc(-c4ccc(C(C)(C)OC(=O)CCC(=O)OCCOCCOCCOCC)cc4)cc2C2=C3C(F)(F)C(F)(F)C2(F)F)cc1. The Morgan fingerprint density at radius 2 is 0.663 bits per heavy atom. The van der Waals surface area contributed by atoms with Gasteiger partial charge in [-0.3, -0.25) is 19.2 Å². The molecule has 0 spiro atoms. The summed E-state index contributed by atoms with van der Waals surface area (Å²) in [5.74, 6) is -19.3. The molecular formula is C76H90F6O14S2. The van der Waals surface area contributed by atoms with Crippen LogP contribution in [0.15, 0.2) is 109 Å². The average molecular weight is 1410 g/mol. The molecule has 0 bridgehead atoms. The predicted molar refractivity (Wildman–Crippen MR) is 365 cm³/mol. The van der Waals surface area contributed by atoms with E-state index in [1.54, 1.807) is 76.2 Å². The Morgan fingerprint density at radius 1 is 0.378 bits per heavy atom. The Morgan fingerprint density at radius 3 is 0.969 bits per heavy atom. The highest BCUT2D eigenvalue weighted by atomic mass is 32.1. The van der Waals surface area contributed by atoms with Crippen LogP contribution in [0.4, 0.5) is 26.3 Å². The molecule has 0 saturated heterocycles. The third kappa shape index (κ3) is 17.5. The van der Waals surface area contributed by atoms with Gasteiger partial charge >= 0.3 is 41.6 Å². The van der Waals surface area contributed by atoms with Gasteiger partial charge < -0.3 is 47.4 Å². The van der Waals surface area contributed by atoms with Gasteiger partial charge in [-0.05, 0) is 109 Å². The topological polar surface area (TPSA) is 161 Å². The third-order valence-corrected chi connectivity index (χ3v) is 19.7. The molecule has 0 atom stereocenters. The fraction of sp³-hybridized carbons (Fsp3) is 0.500. The zero-order chi connectivity index (χ0) is 71.5. The van der Waals surface area contributed by atoms with Crippen LogP contribution in [0, 0.1) is 0 Å². The zero-order valence-corrected chi connectivity index (χ0v) is 59.6. The number of allylic oxidation sites excluding steroid dienone is 2. The molecule has 98 heavy (non-hydrogen) atoms. The molecule has 0 amide bonds. The maximum atomic E-state index is 17.4. The van der Waals surface area contributed by atoms with Gasteiger partial charge in [0.2, 0.25) is 0 Å². The number of carbonyl (C=O) groups excluding carboxylic acids is 4. The molecule has 532 valence electrons. The van der Waals surface area contributed by atoms with Crippen molar-refractivity contribution in [2.45, 2.75) is 154 Å². The van der Waals surface area contributed by atoms with Gasteiger partial charge in [0.05, 0.1) is 97.2 Å². The molecule has 6 aromatic rings. The summed E-state index contributed by atoms with van der Waals surface area (Å²) < 4.78 is 157. The number of esters is 4. The van der Waals surface area contributed by atoms with Crippen LogP contribution in [0.1, 0.15) is 163 Å². The van der Waals surface area contributed by atoms with Crippen molar-refractivity contribution in [2.75, 3.05) is 92.5 Å². The maximum Gasteiger partial charge on any atom is 0.380 e. The van der Waals surface area contributed by atoms with Gasteiger partial charge in [0.1, 0.15) is 24.4 Å². The van der Waals surface area contributed by atoms with Crippen molar-refractivity contribution in [2.24, 2.45) is 0 Å². The number of fused-ring (bicyclic) bond motifs is 4. The molecular weight excluding hydrogens is 1310 g/mol. The molecule has 14 nitrogen and oxygen atoms in total. The monoisotopic (exact) mass is 1400 g/mol. The summed E-state index contributed by atoms with van der Waals surface area (Å²) >= 11 is 2.06. The minimum Gasteiger partial charge on any atom is -0.463 e. The number of thiophene rings is 2. The normalized spacial score (nSPS) is 15.4. The van der Waals surface area contributed by atoms with Gasteiger partial charge in [-0.15, -0.1) is 22.7 Å². The van der Waals surface area contributed by atoms with Gasteiger partial charge in [-0.2, -0.15) is 26.3 Å². The molecule has 2 aliphatic rings. The molecule has 0 radical (unpaired) electrons. The van der Waals surface area contributed by atoms with Gasteiger partial charge in [-0.1, -0.05) is 139 Å². The van der Waals surface area contributed by atoms with Gasteiger partial charge in [0.15, 0.2) is 0 Å². The van der Waals surface area contributed by atoms with E-state index in [2.05, 4.69) is 0 Å². The molecule has 0 saturated carbocycles. The number of hydrogen-bond acceptors (Lipinski definition) is 16. The highest BCUT2D eigenvalue weighted by molar-refractivity contribution is 7.18. The van der Waals surface area contributed by atoms with Crippen LogP contribution in [-0.4, -0.2) is 134 Å². The number of alkyl halides is 6. The molecule has 2 heterocycles. The minimum absolute atomic E-state index is 0.0267. The van der Waals surface area contributed by atoms with Crippen molar-refractivity contribution in [3.05, 3.63) is 163 Å². The second kappa shape index (κ2) is 32.3. The first-order valence-corrected chi connectivity index (χ1v) is 34.7.